The third-order valence-corrected chi connectivity index (χ3v) is 1.19. The third kappa shape index (κ3) is 2.96. The van der Waals surface area contributed by atoms with E-state index >= 15 is 0 Å². The second kappa shape index (κ2) is 4.43. The number of allylic oxidation sites excluding steroid dienone is 4. The van der Waals surface area contributed by atoms with Crippen LogP contribution in [0.4, 0.5) is 0 Å². The second-order valence-electron chi connectivity index (χ2n) is 1.98. The van der Waals surface area contributed by atoms with Gasteiger partial charge in [0.25, 0.3) is 5.70 Å². The number of nitro groups is 1. The third-order valence-electron chi connectivity index (χ3n) is 1.19. The van der Waals surface area contributed by atoms with Crippen LogP contribution in [0.15, 0.2) is 23.9 Å². The maximum atomic E-state index is 10.1. The molecule has 0 aromatic rings. The van der Waals surface area contributed by atoms with Crippen LogP contribution in [0, 0.1) is 15.5 Å². The van der Waals surface area contributed by atoms with Gasteiger partial charge >= 0.3 is 0 Å². The normalized spacial score (nSPS) is 15.3. The molecule has 0 aliphatic heterocycles. The second-order valence-corrected chi connectivity index (χ2v) is 1.98. The molecule has 0 bridgehead atoms. The van der Waals surface area contributed by atoms with Gasteiger partial charge in [0.1, 0.15) is 0 Å². The van der Waals surface area contributed by atoms with Gasteiger partial charge < -0.3 is 5.41 Å². The molecule has 1 aliphatic carbocycles. The van der Waals surface area contributed by atoms with Crippen LogP contribution < -0.4 is 0 Å². The number of rotatable bonds is 1. The van der Waals surface area contributed by atoms with E-state index in [2.05, 4.69) is 0 Å². The average Bonchev–Trinajstić information content (AvgIpc) is 1.88. The summed E-state index contributed by atoms with van der Waals surface area (Å²) in [6, 6.07) is 0. The van der Waals surface area contributed by atoms with Crippen LogP contribution in [0.5, 0.6) is 0 Å². The zero-order chi connectivity index (χ0) is 7.56. The van der Waals surface area contributed by atoms with E-state index in [0.29, 0.717) is 0 Å². The summed E-state index contributed by atoms with van der Waals surface area (Å²) in [7, 11) is 0. The van der Waals surface area contributed by atoms with E-state index in [1.165, 1.54) is 12.2 Å². The van der Waals surface area contributed by atoms with E-state index in [0.717, 1.165) is 0 Å². The largest absolute Gasteiger partial charge is 0.305 e. The zero-order valence-corrected chi connectivity index (χ0v) is 8.20. The summed E-state index contributed by atoms with van der Waals surface area (Å²) >= 11 is 0. The molecule has 0 fully saturated rings. The number of nitrogens with one attached hydrogen (secondary N) is 1. The van der Waals surface area contributed by atoms with Crippen LogP contribution >= 0.6 is 0 Å². The first-order chi connectivity index (χ1) is 4.70. The minimum absolute atomic E-state index is 0. The predicted molar refractivity (Wildman–Crippen MR) is 42.3 cm³/mol. The van der Waals surface area contributed by atoms with Crippen LogP contribution in [0.25, 0.3) is 0 Å². The molecule has 5 heteroatoms. The molecule has 0 saturated carbocycles. The minimum Gasteiger partial charge on any atom is -0.305 e. The Labute approximate surface area is 85.9 Å². The Morgan fingerprint density at radius 1 is 1.64 bits per heavy atom. The van der Waals surface area contributed by atoms with Crippen LogP contribution in [-0.2, 0) is 0 Å². The fourth-order valence-electron chi connectivity index (χ4n) is 0.714. The van der Waals surface area contributed by atoms with Crippen molar-refractivity contribution in [2.75, 3.05) is 0 Å². The first kappa shape index (κ1) is 10.6. The summed E-state index contributed by atoms with van der Waals surface area (Å²) in [5, 5.41) is 17.2. The predicted octanol–water partition coefficient (Wildman–Crippen LogP) is 0.746. The fraction of sp³-hybridized carbons (Fsp3) is 0.167. The van der Waals surface area contributed by atoms with Crippen LogP contribution in [-0.4, -0.2) is 40.2 Å². The van der Waals surface area contributed by atoms with E-state index in [1.807, 2.05) is 0 Å². The molecule has 0 atom stereocenters. The molecule has 1 N–H and O–H groups in total. The SMILES string of the molecule is N=C1C=CC=C([N+](=O)[O-])C1.[Na]. The molecule has 0 aromatic heterocycles. The van der Waals surface area contributed by atoms with Gasteiger partial charge in [-0.15, -0.1) is 0 Å². The summed E-state index contributed by atoms with van der Waals surface area (Å²) in [6.45, 7) is 0. The van der Waals surface area contributed by atoms with Gasteiger partial charge in [-0.05, 0) is 6.08 Å². The average molecular weight is 161 g/mol. The Morgan fingerprint density at radius 2 is 2.27 bits per heavy atom. The van der Waals surface area contributed by atoms with Crippen molar-refractivity contribution in [1.29, 1.82) is 5.41 Å². The van der Waals surface area contributed by atoms with Crippen molar-refractivity contribution in [2.24, 2.45) is 0 Å². The van der Waals surface area contributed by atoms with Crippen LogP contribution in [0.2, 0.25) is 0 Å². The van der Waals surface area contributed by atoms with Crippen molar-refractivity contribution in [1.82, 2.24) is 0 Å². The monoisotopic (exact) mass is 161 g/mol. The molecule has 53 valence electrons. The Hall–Kier alpha value is -0.450. The Kier molecular flexibility index (Phi) is 4.25. The van der Waals surface area contributed by atoms with Gasteiger partial charge in [-0.25, -0.2) is 0 Å². The van der Waals surface area contributed by atoms with Crippen molar-refractivity contribution in [3.63, 3.8) is 0 Å². The summed E-state index contributed by atoms with van der Waals surface area (Å²) < 4.78 is 0. The van der Waals surface area contributed by atoms with Crippen molar-refractivity contribution in [2.45, 2.75) is 6.42 Å². The van der Waals surface area contributed by atoms with Gasteiger partial charge in [-0.3, -0.25) is 10.1 Å². The van der Waals surface area contributed by atoms with Gasteiger partial charge in [-0.1, -0.05) is 6.08 Å². The molecule has 0 heterocycles. The fourth-order valence-corrected chi connectivity index (χ4v) is 0.714. The minimum atomic E-state index is -0.460. The van der Waals surface area contributed by atoms with E-state index in [-0.39, 0.29) is 47.4 Å². The summed E-state index contributed by atoms with van der Waals surface area (Å²) in [5.74, 6) is 0. The summed E-state index contributed by atoms with van der Waals surface area (Å²) in [6.07, 6.45) is 4.62. The first-order valence-electron chi connectivity index (χ1n) is 2.79. The maximum absolute atomic E-state index is 10.1. The topological polar surface area (TPSA) is 67.0 Å². The van der Waals surface area contributed by atoms with Crippen LogP contribution in [0.3, 0.4) is 0 Å². The molecule has 11 heavy (non-hydrogen) atoms. The van der Waals surface area contributed by atoms with E-state index in [9.17, 15) is 10.1 Å². The first-order valence-corrected chi connectivity index (χ1v) is 2.79. The number of nitrogens with zero attached hydrogens (tertiary/aromatic N) is 1. The number of hydrogen-bond donors (Lipinski definition) is 1. The van der Waals surface area contributed by atoms with Crippen molar-refractivity contribution in [3.05, 3.63) is 34.0 Å². The van der Waals surface area contributed by atoms with E-state index in [4.69, 9.17) is 5.41 Å². The molecular formula is C6H6N2NaO2. The molecule has 4 nitrogen and oxygen atoms in total. The molecule has 0 unspecified atom stereocenters. The van der Waals surface area contributed by atoms with Gasteiger partial charge in [-0.2, -0.15) is 0 Å². The van der Waals surface area contributed by atoms with E-state index in [1.54, 1.807) is 6.08 Å². The van der Waals surface area contributed by atoms with Crippen molar-refractivity contribution >= 4 is 35.3 Å². The molecule has 0 spiro atoms. The molecule has 1 radical (unpaired) electrons. The number of hydrogen-bond acceptors (Lipinski definition) is 3. The molecule has 0 aromatic carbocycles. The van der Waals surface area contributed by atoms with Gasteiger partial charge in [0.05, 0.1) is 11.3 Å². The quantitative estimate of drug-likeness (QED) is 0.350. The Balaban J connectivity index is 0.000001000. The Bertz CT molecular complexity index is 245. The van der Waals surface area contributed by atoms with Crippen molar-refractivity contribution < 1.29 is 4.92 Å². The molecular weight excluding hydrogens is 155 g/mol. The van der Waals surface area contributed by atoms with Gasteiger partial charge in [0.2, 0.25) is 0 Å². The molecule has 0 amide bonds. The summed E-state index contributed by atoms with van der Waals surface area (Å²) in [5.41, 5.74) is 0.377. The van der Waals surface area contributed by atoms with Gasteiger partial charge in [0, 0.05) is 41.3 Å². The smallest absolute Gasteiger partial charge is 0.252 e. The standard InChI is InChI=1S/C6H6N2O2.Na/c7-5-2-1-3-6(4-5)8(9)10;/h1-3,7H,4H2;. The molecule has 0 saturated heterocycles. The van der Waals surface area contributed by atoms with Gasteiger partial charge in [0.15, 0.2) is 0 Å². The maximum Gasteiger partial charge on any atom is 0.252 e. The zero-order valence-electron chi connectivity index (χ0n) is 6.20. The molecule has 1 rings (SSSR count). The van der Waals surface area contributed by atoms with Crippen LogP contribution in [0.1, 0.15) is 6.42 Å². The molecule has 1 aliphatic rings. The Morgan fingerprint density at radius 3 is 2.64 bits per heavy atom. The van der Waals surface area contributed by atoms with E-state index < -0.39 is 4.92 Å². The van der Waals surface area contributed by atoms with Crippen molar-refractivity contribution in [3.8, 4) is 0 Å². The summed E-state index contributed by atoms with van der Waals surface area (Å²) in [4.78, 5) is 9.65.